The molecule has 1 amide bonds. The molecule has 3 nitrogen and oxygen atoms in total. The van der Waals surface area contributed by atoms with Crippen LogP contribution in [-0.2, 0) is 4.79 Å². The molecule has 1 N–H and O–H groups in total. The molecule has 4 saturated carbocycles. The van der Waals surface area contributed by atoms with Gasteiger partial charge in [0.2, 0.25) is 5.91 Å². The zero-order valence-electron chi connectivity index (χ0n) is 14.5. The number of hydrogen-bond donors (Lipinski definition) is 1. The Morgan fingerprint density at radius 1 is 1.29 bits per heavy atom. The SMILES string of the molecule is COc1ccc(C)cc1NC(=O)CC12C[C@H]3C[C@@H](CC(Br)(C3)C1)C2. The number of rotatable bonds is 4. The van der Waals surface area contributed by atoms with Crippen LogP contribution in [0.25, 0.3) is 0 Å². The minimum Gasteiger partial charge on any atom is -0.495 e. The molecule has 4 aliphatic rings. The van der Waals surface area contributed by atoms with Crippen LogP contribution in [0.15, 0.2) is 18.2 Å². The molecule has 4 bridgehead atoms. The summed E-state index contributed by atoms with van der Waals surface area (Å²) in [6, 6.07) is 5.91. The number of carbonyl (C=O) groups excluding carboxylic acids is 1. The molecule has 0 spiro atoms. The molecule has 4 fully saturated rings. The highest BCUT2D eigenvalue weighted by molar-refractivity contribution is 9.10. The summed E-state index contributed by atoms with van der Waals surface area (Å²) in [6.45, 7) is 2.03. The molecular formula is C20H26BrNO2. The number of ether oxygens (including phenoxy) is 1. The number of anilines is 1. The molecule has 5 rings (SSSR count). The predicted molar refractivity (Wildman–Crippen MR) is 99.8 cm³/mol. The molecule has 0 aromatic heterocycles. The van der Waals surface area contributed by atoms with Crippen molar-refractivity contribution in [2.24, 2.45) is 17.3 Å². The first-order valence-electron chi connectivity index (χ1n) is 9.02. The van der Waals surface area contributed by atoms with E-state index in [0.29, 0.717) is 10.7 Å². The number of carbonyl (C=O) groups is 1. The van der Waals surface area contributed by atoms with Crippen molar-refractivity contribution in [1.29, 1.82) is 0 Å². The van der Waals surface area contributed by atoms with Crippen LogP contribution in [0.4, 0.5) is 5.69 Å². The highest BCUT2D eigenvalue weighted by Crippen LogP contribution is 2.65. The van der Waals surface area contributed by atoms with Gasteiger partial charge in [0, 0.05) is 10.7 Å². The Bertz CT molecular complexity index is 658. The van der Waals surface area contributed by atoms with Crippen LogP contribution in [0.2, 0.25) is 0 Å². The molecule has 0 unspecified atom stereocenters. The number of aryl methyl sites for hydroxylation is 1. The van der Waals surface area contributed by atoms with Crippen LogP contribution in [0.5, 0.6) is 5.75 Å². The van der Waals surface area contributed by atoms with Crippen molar-refractivity contribution >= 4 is 27.5 Å². The molecule has 1 aromatic rings. The average Bonchev–Trinajstić information content (AvgIpc) is 2.43. The van der Waals surface area contributed by atoms with E-state index >= 15 is 0 Å². The van der Waals surface area contributed by atoms with E-state index in [-0.39, 0.29) is 11.3 Å². The molecule has 0 radical (unpaired) electrons. The summed E-state index contributed by atoms with van der Waals surface area (Å²) in [6.07, 6.45) is 8.25. The minimum atomic E-state index is 0.136. The third-order valence-corrected chi connectivity index (χ3v) is 7.20. The van der Waals surface area contributed by atoms with Crippen LogP contribution in [-0.4, -0.2) is 17.3 Å². The molecule has 130 valence electrons. The van der Waals surface area contributed by atoms with E-state index in [0.717, 1.165) is 35.3 Å². The van der Waals surface area contributed by atoms with Crippen LogP contribution >= 0.6 is 15.9 Å². The van der Waals surface area contributed by atoms with Gasteiger partial charge in [-0.1, -0.05) is 22.0 Å². The van der Waals surface area contributed by atoms with Gasteiger partial charge in [-0.3, -0.25) is 4.79 Å². The largest absolute Gasteiger partial charge is 0.495 e. The third kappa shape index (κ3) is 2.98. The van der Waals surface area contributed by atoms with Crippen molar-refractivity contribution < 1.29 is 9.53 Å². The average molecular weight is 392 g/mol. The van der Waals surface area contributed by atoms with Crippen molar-refractivity contribution in [1.82, 2.24) is 0 Å². The molecule has 4 heteroatoms. The fourth-order valence-electron chi connectivity index (χ4n) is 6.00. The van der Waals surface area contributed by atoms with Gasteiger partial charge < -0.3 is 10.1 Å². The molecule has 4 aliphatic carbocycles. The Morgan fingerprint density at radius 3 is 2.62 bits per heavy atom. The highest BCUT2D eigenvalue weighted by Gasteiger charge is 2.57. The first-order chi connectivity index (χ1) is 11.4. The van der Waals surface area contributed by atoms with Gasteiger partial charge in [0.25, 0.3) is 0 Å². The molecule has 1 aromatic carbocycles. The maximum atomic E-state index is 12.8. The Hall–Kier alpha value is -1.03. The number of halogens is 1. The first-order valence-corrected chi connectivity index (χ1v) is 9.81. The van der Waals surface area contributed by atoms with Crippen molar-refractivity contribution in [3.8, 4) is 5.75 Å². The van der Waals surface area contributed by atoms with Gasteiger partial charge in [-0.05, 0) is 80.4 Å². The summed E-state index contributed by atoms with van der Waals surface area (Å²) in [5, 5.41) is 3.11. The topological polar surface area (TPSA) is 38.3 Å². The van der Waals surface area contributed by atoms with E-state index in [9.17, 15) is 4.79 Å². The molecule has 0 saturated heterocycles. The predicted octanol–water partition coefficient (Wildman–Crippen LogP) is 5.07. The Kier molecular flexibility index (Phi) is 3.94. The quantitative estimate of drug-likeness (QED) is 0.727. The maximum Gasteiger partial charge on any atom is 0.225 e. The van der Waals surface area contributed by atoms with Crippen LogP contribution in [0.3, 0.4) is 0 Å². The number of alkyl halides is 1. The van der Waals surface area contributed by atoms with Gasteiger partial charge in [-0.2, -0.15) is 0 Å². The second kappa shape index (κ2) is 5.76. The lowest BCUT2D eigenvalue weighted by atomic mass is 9.48. The van der Waals surface area contributed by atoms with E-state index in [1.807, 2.05) is 25.1 Å². The summed E-state index contributed by atoms with van der Waals surface area (Å²) in [5.74, 6) is 2.49. The lowest BCUT2D eigenvalue weighted by Crippen LogP contribution is -2.53. The number of nitrogens with one attached hydrogen (secondary N) is 1. The summed E-state index contributed by atoms with van der Waals surface area (Å²) in [4.78, 5) is 12.8. The van der Waals surface area contributed by atoms with Gasteiger partial charge in [0.15, 0.2) is 0 Å². The van der Waals surface area contributed by atoms with Crippen LogP contribution in [0.1, 0.15) is 50.5 Å². The van der Waals surface area contributed by atoms with E-state index in [4.69, 9.17) is 4.74 Å². The minimum absolute atomic E-state index is 0.136. The van der Waals surface area contributed by atoms with Crippen molar-refractivity contribution in [3.63, 3.8) is 0 Å². The second-order valence-electron chi connectivity index (χ2n) is 8.54. The van der Waals surface area contributed by atoms with Crippen molar-refractivity contribution in [3.05, 3.63) is 23.8 Å². The number of methoxy groups -OCH3 is 1. The van der Waals surface area contributed by atoms with Crippen molar-refractivity contribution in [2.45, 2.75) is 56.2 Å². The molecule has 2 atom stereocenters. The fraction of sp³-hybridized carbons (Fsp3) is 0.650. The van der Waals surface area contributed by atoms with Gasteiger partial charge in [0.1, 0.15) is 5.75 Å². The summed E-state index contributed by atoms with van der Waals surface area (Å²) >= 11 is 4.03. The monoisotopic (exact) mass is 391 g/mol. The summed E-state index contributed by atoms with van der Waals surface area (Å²) < 4.78 is 5.69. The van der Waals surface area contributed by atoms with Gasteiger partial charge in [-0.15, -0.1) is 0 Å². The standard InChI is InChI=1S/C20H26BrNO2/c1-13-3-4-17(24-2)16(5-13)22-18(23)11-19-7-14-6-15(8-19)10-20(21,9-14)12-19/h3-5,14-15H,6-12H2,1-2H3,(H,22,23)/t14-,15-,19?,20?/m1/s1. The summed E-state index contributed by atoms with van der Waals surface area (Å²) in [5.41, 5.74) is 2.12. The Morgan fingerprint density at radius 2 is 2.00 bits per heavy atom. The van der Waals surface area contributed by atoms with Crippen LogP contribution < -0.4 is 10.1 Å². The molecule has 24 heavy (non-hydrogen) atoms. The Labute approximate surface area is 152 Å². The molecular weight excluding hydrogens is 366 g/mol. The van der Waals surface area contributed by atoms with E-state index in [1.165, 1.54) is 32.1 Å². The Balaban J connectivity index is 1.50. The zero-order chi connectivity index (χ0) is 16.9. The number of benzene rings is 1. The normalized spacial score (nSPS) is 36.6. The zero-order valence-corrected chi connectivity index (χ0v) is 16.1. The van der Waals surface area contributed by atoms with Gasteiger partial charge in [-0.25, -0.2) is 0 Å². The fourth-order valence-corrected chi connectivity index (χ4v) is 7.51. The highest BCUT2D eigenvalue weighted by atomic mass is 79.9. The smallest absolute Gasteiger partial charge is 0.225 e. The third-order valence-electron chi connectivity index (χ3n) is 6.28. The first kappa shape index (κ1) is 16.4. The van der Waals surface area contributed by atoms with Crippen LogP contribution in [0, 0.1) is 24.2 Å². The molecule has 0 heterocycles. The molecule has 0 aliphatic heterocycles. The van der Waals surface area contributed by atoms with Crippen molar-refractivity contribution in [2.75, 3.05) is 12.4 Å². The maximum absolute atomic E-state index is 12.8. The number of amides is 1. The summed E-state index contributed by atoms with van der Waals surface area (Å²) in [7, 11) is 1.65. The van der Waals surface area contributed by atoms with E-state index in [2.05, 4.69) is 21.2 Å². The second-order valence-corrected chi connectivity index (χ2v) is 10.2. The van der Waals surface area contributed by atoms with Gasteiger partial charge >= 0.3 is 0 Å². The van der Waals surface area contributed by atoms with E-state index < -0.39 is 0 Å². The van der Waals surface area contributed by atoms with E-state index in [1.54, 1.807) is 7.11 Å². The van der Waals surface area contributed by atoms with Gasteiger partial charge in [0.05, 0.1) is 12.8 Å². The lowest BCUT2D eigenvalue weighted by molar-refractivity contribution is -0.123. The lowest BCUT2D eigenvalue weighted by Gasteiger charge is -2.60. The number of hydrogen-bond acceptors (Lipinski definition) is 2.